The molecule has 1 aliphatic rings. The summed E-state index contributed by atoms with van der Waals surface area (Å²) in [5.74, 6) is 0.974. The van der Waals surface area contributed by atoms with Gasteiger partial charge in [-0.3, -0.25) is 4.68 Å². The lowest BCUT2D eigenvalue weighted by Gasteiger charge is -2.07. The molecule has 7 heteroatoms. The molecule has 1 atom stereocenters. The molecule has 3 aromatic rings. The van der Waals surface area contributed by atoms with Crippen molar-refractivity contribution in [3.8, 4) is 0 Å². The number of unbranched alkanes of at least 4 members (excludes halogenated alkanes) is 1. The minimum absolute atomic E-state index is 0.182. The van der Waals surface area contributed by atoms with Gasteiger partial charge in [0, 0.05) is 12.6 Å². The summed E-state index contributed by atoms with van der Waals surface area (Å²) in [6.45, 7) is 3.69. The molecule has 0 radical (unpaired) electrons. The molecule has 136 valence electrons. The van der Waals surface area contributed by atoms with Crippen LogP contribution in [0.15, 0.2) is 24.4 Å². The van der Waals surface area contributed by atoms with Gasteiger partial charge in [0.15, 0.2) is 11.3 Å². The molecule has 2 heterocycles. The van der Waals surface area contributed by atoms with E-state index in [1.807, 2.05) is 10.9 Å². The maximum atomic E-state index is 6.13. The minimum Gasteiger partial charge on any atom is -0.368 e. The fourth-order valence-electron chi connectivity index (χ4n) is 3.55. The van der Waals surface area contributed by atoms with Crippen molar-refractivity contribution in [1.82, 2.24) is 19.7 Å². The van der Waals surface area contributed by atoms with E-state index in [2.05, 4.69) is 45.5 Å². The first-order chi connectivity index (χ1) is 12.6. The van der Waals surface area contributed by atoms with Gasteiger partial charge in [-0.2, -0.15) is 10.1 Å². The summed E-state index contributed by atoms with van der Waals surface area (Å²) in [6, 6.07) is 6.72. The van der Waals surface area contributed by atoms with Gasteiger partial charge in [-0.25, -0.2) is 4.98 Å². The number of nitrogens with zero attached hydrogens (tertiary/aromatic N) is 4. The predicted molar refractivity (Wildman–Crippen MR) is 104 cm³/mol. The van der Waals surface area contributed by atoms with Gasteiger partial charge in [0.25, 0.3) is 0 Å². The second-order valence-electron chi connectivity index (χ2n) is 6.95. The average molecular weight is 351 g/mol. The number of nitrogen functional groups attached to an aromatic ring is 1. The number of rotatable bonds is 6. The third-order valence-corrected chi connectivity index (χ3v) is 4.93. The van der Waals surface area contributed by atoms with E-state index in [9.17, 15) is 0 Å². The summed E-state index contributed by atoms with van der Waals surface area (Å²) < 4.78 is 1.90. The summed E-state index contributed by atoms with van der Waals surface area (Å²) in [5.41, 5.74) is 17.4. The summed E-state index contributed by atoms with van der Waals surface area (Å²) >= 11 is 0. The number of hydrogen-bond donors (Lipinski definition) is 3. The number of nitrogens with two attached hydrogens (primary N) is 2. The molecule has 0 amide bonds. The maximum absolute atomic E-state index is 6.13. The van der Waals surface area contributed by atoms with Crippen LogP contribution < -0.4 is 16.8 Å². The molecule has 0 spiro atoms. The van der Waals surface area contributed by atoms with Crippen LogP contribution in [0.3, 0.4) is 0 Å². The van der Waals surface area contributed by atoms with E-state index in [4.69, 9.17) is 11.5 Å². The number of aryl methyl sites for hydroxylation is 1. The van der Waals surface area contributed by atoms with E-state index in [0.717, 1.165) is 43.3 Å². The monoisotopic (exact) mass is 351 g/mol. The normalized spacial score (nSPS) is 16.2. The Morgan fingerprint density at radius 2 is 2.19 bits per heavy atom. The second-order valence-corrected chi connectivity index (χ2v) is 6.95. The molecule has 0 unspecified atom stereocenters. The lowest BCUT2D eigenvalue weighted by atomic mass is 10.1. The Kier molecular flexibility index (Phi) is 4.46. The van der Waals surface area contributed by atoms with Crippen LogP contribution in [0.5, 0.6) is 0 Å². The van der Waals surface area contributed by atoms with Gasteiger partial charge in [-0.1, -0.05) is 31.5 Å². The second kappa shape index (κ2) is 6.92. The maximum Gasteiger partial charge on any atom is 0.222 e. The van der Waals surface area contributed by atoms with Crippen LogP contribution >= 0.6 is 0 Å². The van der Waals surface area contributed by atoms with Crippen LogP contribution in [-0.4, -0.2) is 26.3 Å². The van der Waals surface area contributed by atoms with Gasteiger partial charge in [0.05, 0.1) is 12.7 Å². The van der Waals surface area contributed by atoms with Crippen LogP contribution in [0.2, 0.25) is 0 Å². The summed E-state index contributed by atoms with van der Waals surface area (Å²) in [5, 5.41) is 8.01. The van der Waals surface area contributed by atoms with Gasteiger partial charge < -0.3 is 16.8 Å². The largest absolute Gasteiger partial charge is 0.368 e. The molecule has 0 saturated heterocycles. The first kappa shape index (κ1) is 16.8. The highest BCUT2D eigenvalue weighted by atomic mass is 15.3. The lowest BCUT2D eigenvalue weighted by molar-refractivity contribution is 0.694. The molecule has 0 saturated carbocycles. The Morgan fingerprint density at radius 3 is 3.04 bits per heavy atom. The van der Waals surface area contributed by atoms with Crippen molar-refractivity contribution in [3.63, 3.8) is 0 Å². The third-order valence-electron chi connectivity index (χ3n) is 4.93. The Labute approximate surface area is 152 Å². The van der Waals surface area contributed by atoms with Gasteiger partial charge in [0.2, 0.25) is 5.95 Å². The SMILES string of the molecule is CCCCNc1nc(N)nc2cn(Cc3ccc4c(c3)CC[C@H]4N)nc12. The van der Waals surface area contributed by atoms with Crippen molar-refractivity contribution < 1.29 is 0 Å². The fourth-order valence-corrected chi connectivity index (χ4v) is 3.55. The van der Waals surface area contributed by atoms with E-state index in [1.54, 1.807) is 0 Å². The Morgan fingerprint density at radius 1 is 1.31 bits per heavy atom. The van der Waals surface area contributed by atoms with Crippen molar-refractivity contribution in [2.24, 2.45) is 5.73 Å². The topological polar surface area (TPSA) is 108 Å². The molecule has 0 fully saturated rings. The highest BCUT2D eigenvalue weighted by molar-refractivity contribution is 5.85. The molecule has 7 nitrogen and oxygen atoms in total. The van der Waals surface area contributed by atoms with Crippen LogP contribution in [0.1, 0.15) is 48.9 Å². The van der Waals surface area contributed by atoms with Crippen molar-refractivity contribution in [2.75, 3.05) is 17.6 Å². The number of fused-ring (bicyclic) bond motifs is 2. The number of anilines is 2. The first-order valence-electron chi connectivity index (χ1n) is 9.26. The van der Waals surface area contributed by atoms with Crippen molar-refractivity contribution in [2.45, 2.75) is 45.2 Å². The fraction of sp³-hybridized carbons (Fsp3) is 0.421. The number of benzene rings is 1. The molecule has 1 aliphatic carbocycles. The Bertz CT molecular complexity index is 931. The molecular weight excluding hydrogens is 326 g/mol. The minimum atomic E-state index is 0.182. The van der Waals surface area contributed by atoms with Gasteiger partial charge in [0.1, 0.15) is 5.52 Å². The zero-order valence-corrected chi connectivity index (χ0v) is 15.1. The Hall–Kier alpha value is -2.67. The van der Waals surface area contributed by atoms with E-state index >= 15 is 0 Å². The van der Waals surface area contributed by atoms with Crippen LogP contribution in [0, 0.1) is 0 Å². The molecule has 4 rings (SSSR count). The van der Waals surface area contributed by atoms with Crippen LogP contribution in [-0.2, 0) is 13.0 Å². The molecule has 26 heavy (non-hydrogen) atoms. The molecule has 2 aromatic heterocycles. The van der Waals surface area contributed by atoms with Crippen molar-refractivity contribution in [1.29, 1.82) is 0 Å². The third kappa shape index (κ3) is 3.22. The van der Waals surface area contributed by atoms with E-state index in [1.165, 1.54) is 16.7 Å². The average Bonchev–Trinajstić information content (AvgIpc) is 3.18. The zero-order chi connectivity index (χ0) is 18.1. The standard InChI is InChI=1S/C19H25N7/c1-2-3-8-22-18-17-16(23-19(21)24-18)11-26(25-17)10-12-4-6-14-13(9-12)5-7-15(14)20/h4,6,9,11,15H,2-3,5,7-8,10,20H2,1H3,(H3,21,22,23,24)/t15-/m1/s1. The van der Waals surface area contributed by atoms with E-state index in [0.29, 0.717) is 12.4 Å². The number of aromatic nitrogens is 4. The summed E-state index contributed by atoms with van der Waals surface area (Å²) in [4.78, 5) is 8.64. The quantitative estimate of drug-likeness (QED) is 0.589. The predicted octanol–water partition coefficient (Wildman–Crippen LogP) is 2.61. The van der Waals surface area contributed by atoms with E-state index in [-0.39, 0.29) is 12.0 Å². The Balaban J connectivity index is 1.60. The summed E-state index contributed by atoms with van der Waals surface area (Å²) in [7, 11) is 0. The molecule has 5 N–H and O–H groups in total. The molecule has 1 aromatic carbocycles. The highest BCUT2D eigenvalue weighted by Crippen LogP contribution is 2.30. The molecular formula is C19H25N7. The van der Waals surface area contributed by atoms with Crippen LogP contribution in [0.25, 0.3) is 11.0 Å². The number of nitrogens with one attached hydrogen (secondary N) is 1. The lowest BCUT2D eigenvalue weighted by Crippen LogP contribution is -2.07. The van der Waals surface area contributed by atoms with Gasteiger partial charge in [-0.15, -0.1) is 0 Å². The van der Waals surface area contributed by atoms with Crippen molar-refractivity contribution >= 4 is 22.8 Å². The highest BCUT2D eigenvalue weighted by Gasteiger charge is 2.19. The molecule has 0 aliphatic heterocycles. The van der Waals surface area contributed by atoms with Crippen LogP contribution in [0.4, 0.5) is 11.8 Å². The van der Waals surface area contributed by atoms with Gasteiger partial charge >= 0.3 is 0 Å². The van der Waals surface area contributed by atoms with E-state index < -0.39 is 0 Å². The summed E-state index contributed by atoms with van der Waals surface area (Å²) in [6.07, 6.45) is 6.21. The molecule has 0 bridgehead atoms. The number of hydrogen-bond acceptors (Lipinski definition) is 6. The smallest absolute Gasteiger partial charge is 0.222 e. The van der Waals surface area contributed by atoms with Gasteiger partial charge in [-0.05, 0) is 36.0 Å². The zero-order valence-electron chi connectivity index (χ0n) is 15.1. The van der Waals surface area contributed by atoms with Crippen molar-refractivity contribution in [3.05, 3.63) is 41.1 Å². The first-order valence-corrected chi connectivity index (χ1v) is 9.26.